The van der Waals surface area contributed by atoms with Gasteiger partial charge < -0.3 is 24.4 Å². The van der Waals surface area contributed by atoms with Crippen molar-refractivity contribution in [3.63, 3.8) is 0 Å². The molecule has 1 N–H and O–H groups in total. The molecular formula is C27H33ClN2O6. The molecule has 2 bridgehead atoms. The fourth-order valence-corrected chi connectivity index (χ4v) is 6.42. The van der Waals surface area contributed by atoms with Gasteiger partial charge >= 0.3 is 5.97 Å². The molecule has 0 radical (unpaired) electrons. The smallest absolute Gasteiger partial charge is 0.313 e. The first-order valence-corrected chi connectivity index (χ1v) is 12.7. The number of benzene rings is 1. The number of para-hydroxylation sites is 1. The number of esters is 1. The van der Waals surface area contributed by atoms with E-state index in [2.05, 4.69) is 13.2 Å². The Morgan fingerprint density at radius 3 is 2.69 bits per heavy atom. The summed E-state index contributed by atoms with van der Waals surface area (Å²) in [5.74, 6) is -2.83. The van der Waals surface area contributed by atoms with Crippen LogP contribution in [0.1, 0.15) is 32.6 Å². The number of fused-ring (bicyclic) bond motifs is 1. The third-order valence-corrected chi connectivity index (χ3v) is 7.96. The van der Waals surface area contributed by atoms with Gasteiger partial charge in [0.1, 0.15) is 24.2 Å². The second-order valence-corrected chi connectivity index (χ2v) is 10.2. The summed E-state index contributed by atoms with van der Waals surface area (Å²) in [6.45, 7) is 9.66. The first-order chi connectivity index (χ1) is 17.3. The molecule has 3 aliphatic heterocycles. The lowest BCUT2D eigenvalue weighted by molar-refractivity contribution is -0.158. The topological polar surface area (TPSA) is 96.4 Å². The van der Waals surface area contributed by atoms with E-state index in [1.165, 1.54) is 15.9 Å². The van der Waals surface area contributed by atoms with Gasteiger partial charge in [0.15, 0.2) is 0 Å². The molecule has 1 aromatic rings. The van der Waals surface area contributed by atoms with Crippen LogP contribution in [0.4, 0.5) is 5.69 Å². The molecule has 3 saturated heterocycles. The summed E-state index contributed by atoms with van der Waals surface area (Å²) in [4.78, 5) is 44.5. The average Bonchev–Trinajstić information content (AvgIpc) is 3.42. The van der Waals surface area contributed by atoms with Crippen molar-refractivity contribution in [2.24, 2.45) is 11.8 Å². The van der Waals surface area contributed by atoms with E-state index in [4.69, 9.17) is 21.1 Å². The number of rotatable bonds is 11. The van der Waals surface area contributed by atoms with Crippen molar-refractivity contribution in [3.05, 3.63) is 54.6 Å². The summed E-state index contributed by atoms with van der Waals surface area (Å²) < 4.78 is 12.0. The Balaban J connectivity index is 1.78. The second-order valence-electron chi connectivity index (χ2n) is 9.80. The van der Waals surface area contributed by atoms with E-state index in [9.17, 15) is 19.5 Å². The zero-order chi connectivity index (χ0) is 26.1. The molecule has 1 spiro atoms. The van der Waals surface area contributed by atoms with E-state index in [0.717, 1.165) is 0 Å². The predicted octanol–water partition coefficient (Wildman–Crippen LogP) is 3.13. The van der Waals surface area contributed by atoms with Crippen LogP contribution in [0.15, 0.2) is 49.6 Å². The van der Waals surface area contributed by atoms with Crippen molar-refractivity contribution in [1.29, 1.82) is 0 Å². The summed E-state index contributed by atoms with van der Waals surface area (Å²) in [7, 11) is 0. The third-order valence-electron chi connectivity index (χ3n) is 7.64. The zero-order valence-electron chi connectivity index (χ0n) is 20.5. The molecule has 3 fully saturated rings. The number of halogens is 1. The van der Waals surface area contributed by atoms with Gasteiger partial charge in [-0.15, -0.1) is 6.58 Å². The quantitative estimate of drug-likeness (QED) is 0.276. The Kier molecular flexibility index (Phi) is 7.59. The first-order valence-electron chi connectivity index (χ1n) is 12.3. The number of hydrogen-bond donors (Lipinski definition) is 1. The largest absolute Gasteiger partial charge is 0.461 e. The Morgan fingerprint density at radius 1 is 1.28 bits per heavy atom. The minimum atomic E-state index is -1.17. The first kappa shape index (κ1) is 26.4. The molecule has 36 heavy (non-hydrogen) atoms. The number of ether oxygens (including phenoxy) is 2. The highest BCUT2D eigenvalue weighted by atomic mass is 35.5. The summed E-state index contributed by atoms with van der Waals surface area (Å²) in [5, 5.41) is 9.71. The molecule has 5 atom stereocenters. The minimum Gasteiger partial charge on any atom is -0.461 e. The van der Waals surface area contributed by atoms with Crippen LogP contribution in [0, 0.1) is 11.8 Å². The second kappa shape index (κ2) is 10.4. The van der Waals surface area contributed by atoms with Crippen LogP contribution in [-0.2, 0) is 23.9 Å². The number of hydrogen-bond acceptors (Lipinski definition) is 6. The molecule has 0 aromatic heterocycles. The molecule has 2 unspecified atom stereocenters. The van der Waals surface area contributed by atoms with Crippen molar-refractivity contribution in [2.75, 3.05) is 31.2 Å². The Labute approximate surface area is 216 Å². The standard InChI is InChI=1S/C27H33ClN2O6/c1-4-14-29(19-11-7-6-10-18(19)28)24(33)22-27-13-12-26(3,36-27)21(25(34)35-17-5-2)20(27)23(32)30(22)15-8-9-16-31/h4-7,10-11,20-22,31H,1-2,8-9,12-17H2,3H3/t20-,21+,22?,26-,27?/m0/s1. The van der Waals surface area contributed by atoms with E-state index >= 15 is 0 Å². The lowest BCUT2D eigenvalue weighted by Gasteiger charge is -2.37. The van der Waals surface area contributed by atoms with Crippen LogP contribution in [0.2, 0.25) is 5.02 Å². The van der Waals surface area contributed by atoms with Gasteiger partial charge in [-0.1, -0.05) is 42.5 Å². The maximum Gasteiger partial charge on any atom is 0.313 e. The molecule has 9 heteroatoms. The molecule has 8 nitrogen and oxygen atoms in total. The number of amides is 2. The predicted molar refractivity (Wildman–Crippen MR) is 135 cm³/mol. The normalized spacial score (nSPS) is 30.2. The van der Waals surface area contributed by atoms with Crippen LogP contribution in [0.25, 0.3) is 0 Å². The molecular weight excluding hydrogens is 484 g/mol. The lowest BCUT2D eigenvalue weighted by atomic mass is 9.66. The summed E-state index contributed by atoms with van der Waals surface area (Å²) in [6.07, 6.45) is 5.05. The lowest BCUT2D eigenvalue weighted by Crippen LogP contribution is -2.56. The van der Waals surface area contributed by atoms with Gasteiger partial charge in [-0.05, 0) is 44.7 Å². The van der Waals surface area contributed by atoms with E-state index in [0.29, 0.717) is 36.4 Å². The Bertz CT molecular complexity index is 1060. The van der Waals surface area contributed by atoms with E-state index in [1.54, 1.807) is 30.3 Å². The van der Waals surface area contributed by atoms with E-state index < -0.39 is 35.0 Å². The number of aliphatic hydroxyl groups excluding tert-OH is 1. The number of likely N-dealkylation sites (tertiary alicyclic amines) is 1. The molecule has 0 aliphatic carbocycles. The fraction of sp³-hybridized carbons (Fsp3) is 0.519. The molecule has 194 valence electrons. The van der Waals surface area contributed by atoms with Gasteiger partial charge in [-0.25, -0.2) is 0 Å². The number of carbonyl (C=O) groups is 3. The maximum absolute atomic E-state index is 14.3. The van der Waals surface area contributed by atoms with Crippen molar-refractivity contribution < 1.29 is 29.0 Å². The highest BCUT2D eigenvalue weighted by Crippen LogP contribution is 2.63. The molecule has 0 saturated carbocycles. The molecule has 1 aromatic carbocycles. The van der Waals surface area contributed by atoms with Crippen molar-refractivity contribution in [1.82, 2.24) is 4.90 Å². The van der Waals surface area contributed by atoms with Gasteiger partial charge in [0, 0.05) is 19.7 Å². The fourth-order valence-electron chi connectivity index (χ4n) is 6.18. The van der Waals surface area contributed by atoms with E-state index in [-0.39, 0.29) is 38.1 Å². The third kappa shape index (κ3) is 4.15. The van der Waals surface area contributed by atoms with Gasteiger partial charge in [0.25, 0.3) is 5.91 Å². The number of unbranched alkanes of at least 4 members (excludes halogenated alkanes) is 1. The van der Waals surface area contributed by atoms with Crippen LogP contribution < -0.4 is 4.90 Å². The summed E-state index contributed by atoms with van der Waals surface area (Å²) >= 11 is 6.46. The molecule has 4 rings (SSSR count). The van der Waals surface area contributed by atoms with Crippen LogP contribution >= 0.6 is 11.6 Å². The number of carbonyl (C=O) groups excluding carboxylic acids is 3. The number of anilines is 1. The van der Waals surface area contributed by atoms with Crippen LogP contribution in [0.5, 0.6) is 0 Å². The Morgan fingerprint density at radius 2 is 2.03 bits per heavy atom. The van der Waals surface area contributed by atoms with Crippen LogP contribution in [0.3, 0.4) is 0 Å². The molecule has 3 heterocycles. The van der Waals surface area contributed by atoms with Gasteiger partial charge in [-0.2, -0.15) is 0 Å². The zero-order valence-corrected chi connectivity index (χ0v) is 21.3. The van der Waals surface area contributed by atoms with Crippen molar-refractivity contribution in [2.45, 2.75) is 49.9 Å². The highest BCUT2D eigenvalue weighted by Gasteiger charge is 2.78. The van der Waals surface area contributed by atoms with Gasteiger partial charge in [-0.3, -0.25) is 14.4 Å². The van der Waals surface area contributed by atoms with E-state index in [1.807, 2.05) is 6.92 Å². The monoisotopic (exact) mass is 516 g/mol. The number of aliphatic hydroxyl groups is 1. The van der Waals surface area contributed by atoms with Crippen molar-refractivity contribution >= 4 is 35.1 Å². The highest BCUT2D eigenvalue weighted by molar-refractivity contribution is 6.34. The SMILES string of the molecule is C=CCOC(=O)[C@H]1[C@H]2C(=O)N(CCCCO)C(C(=O)N(CC=C)c3ccccc3Cl)C23CC[C@]1(C)O3. The average molecular weight is 517 g/mol. The minimum absolute atomic E-state index is 0.0253. The number of nitrogens with zero attached hydrogens (tertiary/aromatic N) is 2. The maximum atomic E-state index is 14.3. The summed E-state index contributed by atoms with van der Waals surface area (Å²) in [6, 6.07) is 6.05. The molecule has 2 amide bonds. The van der Waals surface area contributed by atoms with Crippen molar-refractivity contribution in [3.8, 4) is 0 Å². The van der Waals surface area contributed by atoms with Gasteiger partial charge in [0.2, 0.25) is 5.91 Å². The van der Waals surface area contributed by atoms with Crippen LogP contribution in [-0.4, -0.2) is 71.3 Å². The Hall–Kier alpha value is -2.68. The molecule has 3 aliphatic rings. The van der Waals surface area contributed by atoms with Gasteiger partial charge in [0.05, 0.1) is 22.2 Å². The summed E-state index contributed by atoms with van der Waals surface area (Å²) in [5.41, 5.74) is -1.57.